The van der Waals surface area contributed by atoms with Gasteiger partial charge in [0.2, 0.25) is 6.79 Å². The number of ether oxygens (including phenoxy) is 4. The summed E-state index contributed by atoms with van der Waals surface area (Å²) < 4.78 is 21.8. The van der Waals surface area contributed by atoms with Crippen LogP contribution in [0, 0.1) is 0 Å². The molecule has 172 valence electrons. The molecule has 2 aromatic carbocycles. The van der Waals surface area contributed by atoms with Crippen molar-refractivity contribution in [2.24, 2.45) is 0 Å². The highest BCUT2D eigenvalue weighted by Crippen LogP contribution is 2.33. The minimum Gasteiger partial charge on any atom is -0.490 e. The average molecular weight is 449 g/mol. The molecule has 1 aliphatic rings. The Kier molecular flexibility index (Phi) is 7.74. The first-order valence-corrected chi connectivity index (χ1v) is 11.4. The van der Waals surface area contributed by atoms with Crippen molar-refractivity contribution in [1.82, 2.24) is 9.97 Å². The van der Waals surface area contributed by atoms with Gasteiger partial charge in [0, 0.05) is 5.56 Å². The molecular weight excluding hydrogens is 420 g/mol. The van der Waals surface area contributed by atoms with Crippen molar-refractivity contribution in [3.63, 3.8) is 0 Å². The van der Waals surface area contributed by atoms with Crippen LogP contribution in [0.5, 0.6) is 23.0 Å². The lowest BCUT2D eigenvalue weighted by molar-refractivity contribution is 0.0734. The number of benzene rings is 2. The maximum atomic E-state index is 12.4. The van der Waals surface area contributed by atoms with Crippen LogP contribution < -0.4 is 18.9 Å². The van der Waals surface area contributed by atoms with Crippen molar-refractivity contribution in [3.8, 4) is 34.4 Å². The van der Waals surface area contributed by atoms with E-state index in [9.17, 15) is 4.79 Å². The van der Waals surface area contributed by atoms with Crippen molar-refractivity contribution in [1.29, 1.82) is 0 Å². The highest BCUT2D eigenvalue weighted by Gasteiger charge is 2.17. The Morgan fingerprint density at radius 3 is 2.39 bits per heavy atom. The van der Waals surface area contributed by atoms with Crippen LogP contribution in [-0.2, 0) is 0 Å². The van der Waals surface area contributed by atoms with Gasteiger partial charge in [-0.15, -0.1) is 0 Å². The zero-order valence-corrected chi connectivity index (χ0v) is 18.8. The zero-order valence-electron chi connectivity index (χ0n) is 18.8. The molecular formula is C26H28N2O5. The summed E-state index contributed by atoms with van der Waals surface area (Å²) in [5.41, 5.74) is 1.21. The van der Waals surface area contributed by atoms with Gasteiger partial charge in [0.1, 0.15) is 5.75 Å². The van der Waals surface area contributed by atoms with Crippen molar-refractivity contribution >= 4 is 5.97 Å². The zero-order chi connectivity index (χ0) is 22.9. The second-order valence-electron chi connectivity index (χ2n) is 7.84. The van der Waals surface area contributed by atoms with E-state index in [1.807, 2.05) is 12.1 Å². The molecule has 0 fully saturated rings. The minimum atomic E-state index is -0.468. The fraction of sp³-hybridized carbons (Fsp3) is 0.346. The molecule has 1 aromatic heterocycles. The fourth-order valence-electron chi connectivity index (χ4n) is 3.47. The molecule has 3 aromatic rings. The number of unbranched alkanes of at least 4 members (excludes halogenated alkanes) is 5. The summed E-state index contributed by atoms with van der Waals surface area (Å²) in [4.78, 5) is 21.2. The number of carbonyl (C=O) groups excluding carboxylic acids is 1. The molecule has 0 saturated heterocycles. The largest absolute Gasteiger partial charge is 0.490 e. The number of hydrogen-bond donors (Lipinski definition) is 0. The number of aromatic nitrogens is 2. The van der Waals surface area contributed by atoms with Gasteiger partial charge in [-0.25, -0.2) is 14.8 Å². The van der Waals surface area contributed by atoms with E-state index in [0.29, 0.717) is 41.0 Å². The van der Waals surface area contributed by atoms with Gasteiger partial charge in [0.05, 0.1) is 24.6 Å². The monoisotopic (exact) mass is 448 g/mol. The van der Waals surface area contributed by atoms with Gasteiger partial charge in [-0.2, -0.15) is 0 Å². The molecule has 1 aliphatic heterocycles. The van der Waals surface area contributed by atoms with Gasteiger partial charge in [-0.1, -0.05) is 39.0 Å². The number of rotatable bonds is 11. The lowest BCUT2D eigenvalue weighted by Gasteiger charge is -2.07. The molecule has 0 radical (unpaired) electrons. The fourth-order valence-corrected chi connectivity index (χ4v) is 3.47. The molecule has 4 rings (SSSR count). The van der Waals surface area contributed by atoms with E-state index in [-0.39, 0.29) is 6.79 Å². The number of esters is 1. The summed E-state index contributed by atoms with van der Waals surface area (Å²) in [6, 6.07) is 12.0. The molecule has 0 saturated carbocycles. The Balaban J connectivity index is 1.27. The molecule has 0 amide bonds. The highest BCUT2D eigenvalue weighted by molar-refractivity contribution is 5.92. The summed E-state index contributed by atoms with van der Waals surface area (Å²) in [5, 5.41) is 0. The molecule has 0 N–H and O–H groups in total. The van der Waals surface area contributed by atoms with E-state index in [0.717, 1.165) is 12.0 Å². The minimum absolute atomic E-state index is 0.156. The average Bonchev–Trinajstić information content (AvgIpc) is 3.32. The van der Waals surface area contributed by atoms with Gasteiger partial charge in [0.25, 0.3) is 0 Å². The van der Waals surface area contributed by atoms with Crippen LogP contribution >= 0.6 is 0 Å². The second-order valence-corrected chi connectivity index (χ2v) is 7.84. The first-order valence-electron chi connectivity index (χ1n) is 11.4. The smallest absolute Gasteiger partial charge is 0.343 e. The third-order valence-corrected chi connectivity index (χ3v) is 5.33. The van der Waals surface area contributed by atoms with Crippen LogP contribution in [-0.4, -0.2) is 29.3 Å². The van der Waals surface area contributed by atoms with Crippen molar-refractivity contribution in [3.05, 3.63) is 60.4 Å². The highest BCUT2D eigenvalue weighted by atomic mass is 16.7. The summed E-state index contributed by atoms with van der Waals surface area (Å²) >= 11 is 0. The maximum absolute atomic E-state index is 12.4. The summed E-state index contributed by atoms with van der Waals surface area (Å²) in [6.07, 6.45) is 10.7. The van der Waals surface area contributed by atoms with E-state index in [1.165, 1.54) is 32.1 Å². The van der Waals surface area contributed by atoms with Crippen LogP contribution in [0.15, 0.2) is 54.9 Å². The molecule has 7 heteroatoms. The SMILES string of the molecule is CCCCCCCCOc1cnc(-c2ccc(OC(=O)c3ccc4c(c3)OCO4)cc2)nc1. The molecule has 0 spiro atoms. The Morgan fingerprint density at radius 1 is 0.879 bits per heavy atom. The van der Waals surface area contributed by atoms with Crippen LogP contribution in [0.3, 0.4) is 0 Å². The normalized spacial score (nSPS) is 11.9. The van der Waals surface area contributed by atoms with E-state index in [4.69, 9.17) is 18.9 Å². The molecule has 0 unspecified atom stereocenters. The predicted octanol–water partition coefficient (Wildman–Crippen LogP) is 5.83. The third kappa shape index (κ3) is 6.22. The molecule has 0 aliphatic carbocycles. The van der Waals surface area contributed by atoms with Gasteiger partial charge in [-0.3, -0.25) is 0 Å². The van der Waals surface area contributed by atoms with Crippen LogP contribution in [0.2, 0.25) is 0 Å². The maximum Gasteiger partial charge on any atom is 0.343 e. The van der Waals surface area contributed by atoms with Gasteiger partial charge < -0.3 is 18.9 Å². The Labute approximate surface area is 193 Å². The predicted molar refractivity (Wildman–Crippen MR) is 124 cm³/mol. The van der Waals surface area contributed by atoms with Gasteiger partial charge >= 0.3 is 5.97 Å². The van der Waals surface area contributed by atoms with Crippen LogP contribution in [0.1, 0.15) is 55.8 Å². The standard InChI is InChI=1S/C26H28N2O5/c1-2-3-4-5-6-7-14-30-22-16-27-25(28-17-22)19-8-11-21(12-9-19)33-26(29)20-10-13-23-24(15-20)32-18-31-23/h8-13,15-17H,2-7,14,18H2,1H3. The van der Waals surface area contributed by atoms with E-state index < -0.39 is 5.97 Å². The number of carbonyl (C=O) groups is 1. The Morgan fingerprint density at radius 2 is 1.61 bits per heavy atom. The molecule has 0 atom stereocenters. The molecule has 0 bridgehead atoms. The van der Waals surface area contributed by atoms with Crippen molar-refractivity contribution < 1.29 is 23.7 Å². The van der Waals surface area contributed by atoms with Gasteiger partial charge in [0.15, 0.2) is 23.1 Å². The van der Waals surface area contributed by atoms with Crippen molar-refractivity contribution in [2.75, 3.05) is 13.4 Å². The van der Waals surface area contributed by atoms with Gasteiger partial charge in [-0.05, 0) is 48.9 Å². The quantitative estimate of drug-likeness (QED) is 0.207. The first-order chi connectivity index (χ1) is 16.2. The van der Waals surface area contributed by atoms with E-state index >= 15 is 0 Å². The Bertz CT molecular complexity index is 1050. The topological polar surface area (TPSA) is 79.8 Å². The first kappa shape index (κ1) is 22.6. The van der Waals surface area contributed by atoms with E-state index in [2.05, 4.69) is 16.9 Å². The van der Waals surface area contributed by atoms with Crippen molar-refractivity contribution in [2.45, 2.75) is 45.4 Å². The summed E-state index contributed by atoms with van der Waals surface area (Å²) in [7, 11) is 0. The molecule has 7 nitrogen and oxygen atoms in total. The second kappa shape index (κ2) is 11.3. The lowest BCUT2D eigenvalue weighted by atomic mass is 10.1. The van der Waals surface area contributed by atoms with Crippen LogP contribution in [0.4, 0.5) is 0 Å². The number of fused-ring (bicyclic) bond motifs is 1. The summed E-state index contributed by atoms with van der Waals surface area (Å²) in [5.74, 6) is 2.37. The van der Waals surface area contributed by atoms with Crippen LogP contribution in [0.25, 0.3) is 11.4 Å². The Hall–Kier alpha value is -3.61. The molecule has 2 heterocycles. The number of hydrogen-bond acceptors (Lipinski definition) is 7. The third-order valence-electron chi connectivity index (χ3n) is 5.33. The summed E-state index contributed by atoms with van der Waals surface area (Å²) in [6.45, 7) is 3.06. The lowest BCUT2D eigenvalue weighted by Crippen LogP contribution is -2.08. The molecule has 33 heavy (non-hydrogen) atoms. The van der Waals surface area contributed by atoms with E-state index in [1.54, 1.807) is 42.7 Å². The number of nitrogens with zero attached hydrogens (tertiary/aromatic N) is 2.